The van der Waals surface area contributed by atoms with E-state index in [4.69, 9.17) is 5.26 Å². The van der Waals surface area contributed by atoms with Gasteiger partial charge in [0.1, 0.15) is 0 Å². The van der Waals surface area contributed by atoms with E-state index in [-0.39, 0.29) is 17.9 Å². The van der Waals surface area contributed by atoms with Crippen LogP contribution < -0.4 is 10.6 Å². The molecule has 3 amide bonds. The second kappa shape index (κ2) is 8.86. The number of amides is 3. The molecule has 0 aliphatic carbocycles. The molecule has 2 aromatic rings. The molecule has 1 aliphatic heterocycles. The molecular weight excluding hydrogens is 340 g/mol. The number of hydrogen-bond acceptors (Lipinski definition) is 3. The molecule has 1 heterocycles. The fourth-order valence-corrected chi connectivity index (χ4v) is 3.13. The summed E-state index contributed by atoms with van der Waals surface area (Å²) >= 11 is 0. The molecule has 0 aromatic heterocycles. The minimum atomic E-state index is -0.210. The van der Waals surface area contributed by atoms with Crippen molar-refractivity contribution in [3.8, 4) is 6.07 Å². The first-order chi connectivity index (χ1) is 13.2. The van der Waals surface area contributed by atoms with Crippen LogP contribution in [0.2, 0.25) is 0 Å². The molecule has 27 heavy (non-hydrogen) atoms. The van der Waals surface area contributed by atoms with Crippen molar-refractivity contribution in [2.75, 3.05) is 18.4 Å². The predicted octanol–water partition coefficient (Wildman–Crippen LogP) is 3.12. The zero-order chi connectivity index (χ0) is 19.1. The lowest BCUT2D eigenvalue weighted by atomic mass is 9.97. The van der Waals surface area contributed by atoms with Crippen LogP contribution in [-0.4, -0.2) is 29.9 Å². The van der Waals surface area contributed by atoms with E-state index in [0.29, 0.717) is 25.2 Å². The molecule has 1 atom stereocenters. The number of likely N-dealkylation sites (tertiary alicyclic amines) is 1. The minimum absolute atomic E-state index is 0.0448. The van der Waals surface area contributed by atoms with Gasteiger partial charge in [-0.15, -0.1) is 0 Å². The number of nitriles is 1. The first kappa shape index (κ1) is 18.5. The van der Waals surface area contributed by atoms with Crippen LogP contribution in [0.3, 0.4) is 0 Å². The Hall–Kier alpha value is -3.33. The lowest BCUT2D eigenvalue weighted by molar-refractivity contribution is -0.126. The Labute approximate surface area is 158 Å². The standard InChI is InChI=1S/C21H22N4O2/c22-13-16-8-10-17(11-9-16)14-23-20(26)18-5-4-12-25(15-18)21(27)24-19-6-2-1-3-7-19/h1-3,6-11,18H,4-5,12,14-15H2,(H,23,26)(H,24,27). The Morgan fingerprint density at radius 1 is 1.11 bits per heavy atom. The number of hydrogen-bond donors (Lipinski definition) is 2. The molecule has 1 aliphatic rings. The number of anilines is 1. The van der Waals surface area contributed by atoms with E-state index in [1.54, 1.807) is 17.0 Å². The summed E-state index contributed by atoms with van der Waals surface area (Å²) in [4.78, 5) is 26.6. The fourth-order valence-electron chi connectivity index (χ4n) is 3.13. The van der Waals surface area contributed by atoms with Crippen molar-refractivity contribution in [3.63, 3.8) is 0 Å². The molecule has 2 aromatic carbocycles. The van der Waals surface area contributed by atoms with Crippen LogP contribution in [0, 0.1) is 17.2 Å². The third-order valence-corrected chi connectivity index (χ3v) is 4.65. The van der Waals surface area contributed by atoms with Crippen LogP contribution in [0.25, 0.3) is 0 Å². The quantitative estimate of drug-likeness (QED) is 0.876. The minimum Gasteiger partial charge on any atom is -0.352 e. The van der Waals surface area contributed by atoms with Gasteiger partial charge in [0, 0.05) is 25.3 Å². The predicted molar refractivity (Wildman–Crippen MR) is 103 cm³/mol. The second-order valence-corrected chi connectivity index (χ2v) is 6.61. The third-order valence-electron chi connectivity index (χ3n) is 4.65. The van der Waals surface area contributed by atoms with Crippen molar-refractivity contribution in [2.45, 2.75) is 19.4 Å². The molecule has 0 bridgehead atoms. The van der Waals surface area contributed by atoms with Crippen LogP contribution in [0.1, 0.15) is 24.0 Å². The molecule has 2 N–H and O–H groups in total. The van der Waals surface area contributed by atoms with Gasteiger partial charge in [0.15, 0.2) is 0 Å². The van der Waals surface area contributed by atoms with Crippen molar-refractivity contribution in [1.82, 2.24) is 10.2 Å². The molecule has 1 fully saturated rings. The highest BCUT2D eigenvalue weighted by molar-refractivity contribution is 5.90. The summed E-state index contributed by atoms with van der Waals surface area (Å²) in [5, 5.41) is 14.6. The van der Waals surface area contributed by atoms with E-state index < -0.39 is 0 Å². The summed E-state index contributed by atoms with van der Waals surface area (Å²) in [5.74, 6) is -0.254. The third kappa shape index (κ3) is 5.08. The maximum atomic E-state index is 12.5. The summed E-state index contributed by atoms with van der Waals surface area (Å²) in [6, 6.07) is 18.3. The van der Waals surface area contributed by atoms with E-state index in [0.717, 1.165) is 24.1 Å². The van der Waals surface area contributed by atoms with E-state index in [1.165, 1.54) is 0 Å². The Bertz CT molecular complexity index is 828. The average Bonchev–Trinajstić information content (AvgIpc) is 2.73. The van der Waals surface area contributed by atoms with Crippen molar-refractivity contribution < 1.29 is 9.59 Å². The lowest BCUT2D eigenvalue weighted by Crippen LogP contribution is -2.46. The topological polar surface area (TPSA) is 85.2 Å². The van der Waals surface area contributed by atoms with E-state index in [2.05, 4.69) is 16.7 Å². The zero-order valence-corrected chi connectivity index (χ0v) is 15.0. The highest BCUT2D eigenvalue weighted by atomic mass is 16.2. The van der Waals surface area contributed by atoms with Gasteiger partial charge in [-0.3, -0.25) is 4.79 Å². The van der Waals surface area contributed by atoms with Crippen molar-refractivity contribution >= 4 is 17.6 Å². The number of carbonyl (C=O) groups is 2. The Morgan fingerprint density at radius 2 is 1.85 bits per heavy atom. The van der Waals surface area contributed by atoms with Crippen molar-refractivity contribution in [1.29, 1.82) is 5.26 Å². The van der Waals surface area contributed by atoms with Gasteiger partial charge >= 0.3 is 6.03 Å². The first-order valence-corrected chi connectivity index (χ1v) is 9.03. The normalized spacial score (nSPS) is 16.3. The number of piperidine rings is 1. The number of para-hydroxylation sites is 1. The molecule has 138 valence electrons. The number of rotatable bonds is 4. The summed E-state index contributed by atoms with van der Waals surface area (Å²) in [6.45, 7) is 1.48. The van der Waals surface area contributed by atoms with E-state index >= 15 is 0 Å². The number of carbonyl (C=O) groups excluding carboxylic acids is 2. The molecule has 6 heteroatoms. The van der Waals surface area contributed by atoms with Gasteiger partial charge in [-0.2, -0.15) is 5.26 Å². The van der Waals surface area contributed by atoms with Gasteiger partial charge < -0.3 is 15.5 Å². The van der Waals surface area contributed by atoms with Gasteiger partial charge in [-0.05, 0) is 42.7 Å². The van der Waals surface area contributed by atoms with Gasteiger partial charge in [0.2, 0.25) is 5.91 Å². The fraction of sp³-hybridized carbons (Fsp3) is 0.286. The maximum Gasteiger partial charge on any atom is 0.321 e. The van der Waals surface area contributed by atoms with Gasteiger partial charge in [-0.25, -0.2) is 4.79 Å². The molecule has 0 radical (unpaired) electrons. The highest BCUT2D eigenvalue weighted by Gasteiger charge is 2.28. The number of nitrogens with one attached hydrogen (secondary N) is 2. The maximum absolute atomic E-state index is 12.5. The molecule has 3 rings (SSSR count). The highest BCUT2D eigenvalue weighted by Crippen LogP contribution is 2.18. The van der Waals surface area contributed by atoms with Gasteiger partial charge in [-0.1, -0.05) is 30.3 Å². The molecule has 0 spiro atoms. The molecule has 1 unspecified atom stereocenters. The second-order valence-electron chi connectivity index (χ2n) is 6.61. The Kier molecular flexibility index (Phi) is 6.06. The number of urea groups is 1. The summed E-state index contributed by atoms with van der Waals surface area (Å²) < 4.78 is 0. The van der Waals surface area contributed by atoms with Gasteiger partial charge in [0.25, 0.3) is 0 Å². The van der Waals surface area contributed by atoms with Crippen molar-refractivity contribution in [3.05, 3.63) is 65.7 Å². The molecule has 6 nitrogen and oxygen atoms in total. The average molecular weight is 362 g/mol. The Balaban J connectivity index is 1.51. The Morgan fingerprint density at radius 3 is 2.56 bits per heavy atom. The summed E-state index contributed by atoms with van der Waals surface area (Å²) in [7, 11) is 0. The van der Waals surface area contributed by atoms with Crippen LogP contribution in [0.4, 0.5) is 10.5 Å². The van der Waals surface area contributed by atoms with Crippen LogP contribution in [0.5, 0.6) is 0 Å². The SMILES string of the molecule is N#Cc1ccc(CNC(=O)C2CCCN(C(=O)Nc3ccccc3)C2)cc1. The zero-order valence-electron chi connectivity index (χ0n) is 15.0. The van der Waals surface area contributed by atoms with Gasteiger partial charge in [0.05, 0.1) is 17.6 Å². The van der Waals surface area contributed by atoms with Crippen LogP contribution in [0.15, 0.2) is 54.6 Å². The van der Waals surface area contributed by atoms with E-state index in [1.807, 2.05) is 42.5 Å². The van der Waals surface area contributed by atoms with Crippen molar-refractivity contribution in [2.24, 2.45) is 5.92 Å². The van der Waals surface area contributed by atoms with Crippen LogP contribution in [-0.2, 0) is 11.3 Å². The summed E-state index contributed by atoms with van der Waals surface area (Å²) in [6.07, 6.45) is 1.57. The largest absolute Gasteiger partial charge is 0.352 e. The first-order valence-electron chi connectivity index (χ1n) is 9.03. The number of benzene rings is 2. The summed E-state index contributed by atoms with van der Waals surface area (Å²) in [5.41, 5.74) is 2.28. The molecule has 1 saturated heterocycles. The molecular formula is C21H22N4O2. The monoisotopic (exact) mass is 362 g/mol. The number of nitrogens with zero attached hydrogens (tertiary/aromatic N) is 2. The van der Waals surface area contributed by atoms with Crippen LogP contribution >= 0.6 is 0 Å². The smallest absolute Gasteiger partial charge is 0.321 e. The van der Waals surface area contributed by atoms with E-state index in [9.17, 15) is 9.59 Å². The molecule has 0 saturated carbocycles. The lowest BCUT2D eigenvalue weighted by Gasteiger charge is -2.32.